The third-order valence-corrected chi connectivity index (χ3v) is 8.56. The maximum Gasteiger partial charge on any atom is 0.268 e. The van der Waals surface area contributed by atoms with Crippen LogP contribution in [-0.4, -0.2) is 30.8 Å². The number of sulfonamides is 1. The molecule has 4 aromatic rings. The number of carbonyl (C=O) groups is 1. The van der Waals surface area contributed by atoms with Crippen LogP contribution in [-0.2, 0) is 35.0 Å². The number of rotatable bonds is 7. The number of amides is 1. The van der Waals surface area contributed by atoms with E-state index in [0.29, 0.717) is 29.8 Å². The Labute approximate surface area is 245 Å². The molecule has 3 aromatic carbocycles. The Bertz CT molecular complexity index is 1670. The molecular formula is C31H31ClN4O4S. The lowest BCUT2D eigenvalue weighted by Gasteiger charge is -2.29. The Morgan fingerprint density at radius 2 is 1.68 bits per heavy atom. The highest BCUT2D eigenvalue weighted by Crippen LogP contribution is 2.25. The quantitative estimate of drug-likeness (QED) is 0.295. The zero-order chi connectivity index (χ0) is 29.2. The molecule has 41 heavy (non-hydrogen) atoms. The summed E-state index contributed by atoms with van der Waals surface area (Å²) in [7, 11) is -4.14. The molecule has 0 saturated heterocycles. The van der Waals surface area contributed by atoms with Crippen LogP contribution in [0.3, 0.4) is 0 Å². The number of nitrogens with one attached hydrogen (secondary N) is 1. The lowest BCUT2D eigenvalue weighted by molar-refractivity contribution is 0.0978. The topological polar surface area (TPSA) is 101 Å². The van der Waals surface area contributed by atoms with E-state index in [1.165, 1.54) is 29.5 Å². The van der Waals surface area contributed by atoms with Gasteiger partial charge in [0.05, 0.1) is 16.2 Å². The Hall–Kier alpha value is -3.95. The number of benzene rings is 3. The Balaban J connectivity index is 1.41. The number of aromatic nitrogens is 2. The molecule has 0 fully saturated rings. The van der Waals surface area contributed by atoms with E-state index in [2.05, 4.69) is 26.8 Å². The van der Waals surface area contributed by atoms with Gasteiger partial charge in [-0.05, 0) is 64.9 Å². The molecule has 10 heteroatoms. The lowest BCUT2D eigenvalue weighted by Crippen LogP contribution is -2.34. The average Bonchev–Trinajstić information content (AvgIpc) is 2.96. The smallest absolute Gasteiger partial charge is 0.268 e. The van der Waals surface area contributed by atoms with Crippen LogP contribution < -0.4 is 14.4 Å². The number of anilines is 1. The van der Waals surface area contributed by atoms with Gasteiger partial charge in [-0.3, -0.25) is 4.79 Å². The largest absolute Gasteiger partial charge is 0.487 e. The summed E-state index contributed by atoms with van der Waals surface area (Å²) < 4.78 is 34.3. The molecule has 1 aliphatic rings. The van der Waals surface area contributed by atoms with E-state index in [-0.39, 0.29) is 28.2 Å². The van der Waals surface area contributed by atoms with Gasteiger partial charge in [-0.25, -0.2) is 23.1 Å². The molecule has 1 amide bonds. The summed E-state index contributed by atoms with van der Waals surface area (Å²) in [5, 5.41) is 0.563. The third kappa shape index (κ3) is 6.69. The standard InChI is InChI=1S/C31H31ClN4O4S/c1-31(2,3)23-8-14-26(15-9-23)41(38,39)35-29(37)27-18-33-30(36-17-16-21-6-4-5-7-22(21)19-36)34-28(27)20-40-25-12-10-24(32)11-13-25/h4-15,18H,16-17,19-20H2,1-3H3,(H,35,37). The van der Waals surface area contributed by atoms with E-state index in [1.54, 1.807) is 36.4 Å². The number of hydrogen-bond acceptors (Lipinski definition) is 7. The first-order valence-corrected chi connectivity index (χ1v) is 15.1. The second-order valence-corrected chi connectivity index (χ2v) is 13.0. The highest BCUT2D eigenvalue weighted by atomic mass is 35.5. The fraction of sp³-hybridized carbons (Fsp3) is 0.258. The Morgan fingerprint density at radius 1 is 1.00 bits per heavy atom. The number of fused-ring (bicyclic) bond motifs is 1. The van der Waals surface area contributed by atoms with Gasteiger partial charge >= 0.3 is 0 Å². The number of ether oxygens (including phenoxy) is 1. The van der Waals surface area contributed by atoms with E-state index in [9.17, 15) is 13.2 Å². The van der Waals surface area contributed by atoms with E-state index in [1.807, 2.05) is 37.8 Å². The Morgan fingerprint density at radius 3 is 2.37 bits per heavy atom. The summed E-state index contributed by atoms with van der Waals surface area (Å²) in [5.41, 5.74) is 3.59. The summed E-state index contributed by atoms with van der Waals surface area (Å²) >= 11 is 5.99. The highest BCUT2D eigenvalue weighted by molar-refractivity contribution is 7.90. The van der Waals surface area contributed by atoms with Gasteiger partial charge < -0.3 is 9.64 Å². The van der Waals surface area contributed by atoms with Crippen LogP contribution in [0.15, 0.2) is 83.9 Å². The Kier molecular flexibility index (Phi) is 8.02. The molecule has 1 N–H and O–H groups in total. The van der Waals surface area contributed by atoms with Crippen molar-refractivity contribution in [3.63, 3.8) is 0 Å². The molecule has 0 bridgehead atoms. The number of carbonyl (C=O) groups excluding carboxylic acids is 1. The summed E-state index contributed by atoms with van der Waals surface area (Å²) in [6, 6.07) is 21.5. The SMILES string of the molecule is CC(C)(C)c1ccc(S(=O)(=O)NC(=O)c2cnc(N3CCc4ccccc4C3)nc2COc2ccc(Cl)cc2)cc1. The predicted octanol–water partition coefficient (Wildman–Crippen LogP) is 5.69. The van der Waals surface area contributed by atoms with Crippen LogP contribution in [0.5, 0.6) is 5.75 Å². The van der Waals surface area contributed by atoms with Gasteiger partial charge in [-0.1, -0.05) is 68.8 Å². The molecule has 0 spiro atoms. The molecule has 0 unspecified atom stereocenters. The molecule has 8 nitrogen and oxygen atoms in total. The van der Waals surface area contributed by atoms with Crippen LogP contribution in [0, 0.1) is 0 Å². The molecule has 212 valence electrons. The summed E-state index contributed by atoms with van der Waals surface area (Å²) in [4.78, 5) is 24.5. The first-order chi connectivity index (χ1) is 19.5. The molecule has 0 saturated carbocycles. The summed E-state index contributed by atoms with van der Waals surface area (Å²) in [6.45, 7) is 7.37. The van der Waals surface area contributed by atoms with Crippen LogP contribution in [0.25, 0.3) is 0 Å². The molecular weight excluding hydrogens is 560 g/mol. The molecule has 5 rings (SSSR count). The number of hydrogen-bond donors (Lipinski definition) is 1. The van der Waals surface area contributed by atoms with Crippen molar-refractivity contribution in [3.05, 3.63) is 112 Å². The van der Waals surface area contributed by atoms with Gasteiger partial charge in [-0.2, -0.15) is 0 Å². The van der Waals surface area contributed by atoms with Crippen LogP contribution in [0.2, 0.25) is 5.02 Å². The van der Waals surface area contributed by atoms with Crippen molar-refractivity contribution in [1.29, 1.82) is 0 Å². The molecule has 1 aromatic heterocycles. The maximum atomic E-state index is 13.3. The fourth-order valence-corrected chi connectivity index (χ4v) is 5.67. The molecule has 1 aliphatic heterocycles. The molecule has 0 aliphatic carbocycles. The van der Waals surface area contributed by atoms with Crippen molar-refractivity contribution < 1.29 is 17.9 Å². The van der Waals surface area contributed by atoms with Crippen molar-refractivity contribution in [1.82, 2.24) is 14.7 Å². The minimum absolute atomic E-state index is 0.00927. The van der Waals surface area contributed by atoms with Gasteiger partial charge in [0.25, 0.3) is 15.9 Å². The van der Waals surface area contributed by atoms with Gasteiger partial charge in [0.1, 0.15) is 12.4 Å². The van der Waals surface area contributed by atoms with Crippen LogP contribution >= 0.6 is 11.6 Å². The van der Waals surface area contributed by atoms with Gasteiger partial charge in [0.2, 0.25) is 5.95 Å². The van der Waals surface area contributed by atoms with E-state index in [0.717, 1.165) is 12.0 Å². The van der Waals surface area contributed by atoms with E-state index in [4.69, 9.17) is 16.3 Å². The first kappa shape index (κ1) is 28.6. The number of nitrogens with zero attached hydrogens (tertiary/aromatic N) is 3. The first-order valence-electron chi connectivity index (χ1n) is 13.2. The summed E-state index contributed by atoms with van der Waals surface area (Å²) in [6.07, 6.45) is 2.20. The van der Waals surface area contributed by atoms with E-state index < -0.39 is 15.9 Å². The zero-order valence-electron chi connectivity index (χ0n) is 23.1. The zero-order valence-corrected chi connectivity index (χ0v) is 24.7. The molecule has 0 atom stereocenters. The second kappa shape index (κ2) is 11.5. The summed E-state index contributed by atoms with van der Waals surface area (Å²) in [5.74, 6) is 0.126. The van der Waals surface area contributed by atoms with Gasteiger partial charge in [-0.15, -0.1) is 0 Å². The fourth-order valence-electron chi connectivity index (χ4n) is 4.58. The predicted molar refractivity (Wildman–Crippen MR) is 159 cm³/mol. The minimum Gasteiger partial charge on any atom is -0.487 e. The van der Waals surface area contributed by atoms with Crippen LogP contribution in [0.1, 0.15) is 53.5 Å². The number of halogens is 1. The minimum atomic E-state index is -4.14. The van der Waals surface area contributed by atoms with Crippen molar-refractivity contribution in [3.8, 4) is 5.75 Å². The second-order valence-electron chi connectivity index (χ2n) is 10.9. The highest BCUT2D eigenvalue weighted by Gasteiger charge is 2.25. The maximum absolute atomic E-state index is 13.3. The van der Waals surface area contributed by atoms with Gasteiger partial charge in [0.15, 0.2) is 0 Å². The normalized spacial score (nSPS) is 13.4. The van der Waals surface area contributed by atoms with Crippen molar-refractivity contribution in [2.24, 2.45) is 0 Å². The van der Waals surface area contributed by atoms with Crippen LogP contribution in [0.4, 0.5) is 5.95 Å². The van der Waals surface area contributed by atoms with E-state index >= 15 is 0 Å². The van der Waals surface area contributed by atoms with Crippen molar-refractivity contribution in [2.75, 3.05) is 11.4 Å². The van der Waals surface area contributed by atoms with Crippen molar-refractivity contribution in [2.45, 2.75) is 50.7 Å². The monoisotopic (exact) mass is 590 g/mol. The molecule has 2 heterocycles. The lowest BCUT2D eigenvalue weighted by atomic mass is 9.87. The van der Waals surface area contributed by atoms with Gasteiger partial charge in [0, 0.05) is 24.3 Å². The third-order valence-electron chi connectivity index (χ3n) is 6.96. The molecule has 0 radical (unpaired) electrons. The van der Waals surface area contributed by atoms with Crippen molar-refractivity contribution >= 4 is 33.5 Å². The average molecular weight is 591 g/mol.